The van der Waals surface area contributed by atoms with Gasteiger partial charge in [-0.3, -0.25) is 4.79 Å². The molecule has 4 heteroatoms. The van der Waals surface area contributed by atoms with Gasteiger partial charge in [-0.1, -0.05) is 0 Å². The van der Waals surface area contributed by atoms with Gasteiger partial charge in [0.1, 0.15) is 0 Å². The van der Waals surface area contributed by atoms with Gasteiger partial charge in [0.05, 0.1) is 6.10 Å². The third-order valence-corrected chi connectivity index (χ3v) is 3.21. The standard InChI is InChI=1S/C12H24N2O2/c1-9-4-6-11(8-13-9)14-12(15)7-5-10(2)16-3/h9-11,13H,4-8H2,1-3H3,(H,14,15). The molecule has 0 saturated carbocycles. The van der Waals surface area contributed by atoms with Crippen molar-refractivity contribution in [2.45, 2.75) is 57.7 Å². The van der Waals surface area contributed by atoms with Gasteiger partial charge in [0.2, 0.25) is 5.91 Å². The minimum Gasteiger partial charge on any atom is -0.382 e. The Balaban J connectivity index is 2.14. The van der Waals surface area contributed by atoms with E-state index in [1.165, 1.54) is 0 Å². The van der Waals surface area contributed by atoms with E-state index in [4.69, 9.17) is 4.74 Å². The van der Waals surface area contributed by atoms with Crippen molar-refractivity contribution >= 4 is 5.91 Å². The molecule has 1 fully saturated rings. The molecule has 0 aliphatic carbocycles. The summed E-state index contributed by atoms with van der Waals surface area (Å²) in [4.78, 5) is 11.6. The number of carbonyl (C=O) groups is 1. The van der Waals surface area contributed by atoms with Crippen molar-refractivity contribution in [3.63, 3.8) is 0 Å². The number of rotatable bonds is 5. The predicted molar refractivity (Wildman–Crippen MR) is 64.3 cm³/mol. The fourth-order valence-corrected chi connectivity index (χ4v) is 1.87. The Morgan fingerprint density at radius 2 is 2.31 bits per heavy atom. The van der Waals surface area contributed by atoms with Crippen molar-refractivity contribution in [1.82, 2.24) is 10.6 Å². The summed E-state index contributed by atoms with van der Waals surface area (Å²) in [5.74, 6) is 0.144. The Bertz CT molecular complexity index is 213. The first-order valence-electron chi connectivity index (χ1n) is 6.17. The summed E-state index contributed by atoms with van der Waals surface area (Å²) >= 11 is 0. The smallest absolute Gasteiger partial charge is 0.220 e. The van der Waals surface area contributed by atoms with Crippen LogP contribution in [0.2, 0.25) is 0 Å². The molecule has 0 spiro atoms. The van der Waals surface area contributed by atoms with Gasteiger partial charge < -0.3 is 15.4 Å². The number of ether oxygens (including phenoxy) is 1. The van der Waals surface area contributed by atoms with E-state index in [0.717, 1.165) is 25.8 Å². The lowest BCUT2D eigenvalue weighted by Gasteiger charge is -2.28. The van der Waals surface area contributed by atoms with Crippen LogP contribution in [0.25, 0.3) is 0 Å². The topological polar surface area (TPSA) is 50.4 Å². The number of hydrogen-bond donors (Lipinski definition) is 2. The number of piperidine rings is 1. The maximum absolute atomic E-state index is 11.6. The Morgan fingerprint density at radius 1 is 1.56 bits per heavy atom. The highest BCUT2D eigenvalue weighted by molar-refractivity contribution is 5.76. The second-order valence-corrected chi connectivity index (χ2v) is 4.74. The van der Waals surface area contributed by atoms with Crippen LogP contribution in [-0.2, 0) is 9.53 Å². The maximum Gasteiger partial charge on any atom is 0.220 e. The van der Waals surface area contributed by atoms with Gasteiger partial charge in [0.25, 0.3) is 0 Å². The van der Waals surface area contributed by atoms with Gasteiger partial charge in [-0.15, -0.1) is 0 Å². The van der Waals surface area contributed by atoms with Gasteiger partial charge in [-0.05, 0) is 33.1 Å². The highest BCUT2D eigenvalue weighted by Gasteiger charge is 2.18. The van der Waals surface area contributed by atoms with Crippen LogP contribution < -0.4 is 10.6 Å². The molecule has 0 bridgehead atoms. The maximum atomic E-state index is 11.6. The van der Waals surface area contributed by atoms with E-state index < -0.39 is 0 Å². The fourth-order valence-electron chi connectivity index (χ4n) is 1.87. The molecule has 0 aromatic rings. The van der Waals surface area contributed by atoms with Gasteiger partial charge in [0, 0.05) is 32.2 Å². The first-order valence-corrected chi connectivity index (χ1v) is 6.17. The Labute approximate surface area is 98.1 Å². The van der Waals surface area contributed by atoms with E-state index in [1.54, 1.807) is 7.11 Å². The van der Waals surface area contributed by atoms with Gasteiger partial charge in [-0.25, -0.2) is 0 Å². The molecule has 3 atom stereocenters. The molecule has 0 aromatic carbocycles. The molecule has 94 valence electrons. The molecule has 4 nitrogen and oxygen atoms in total. The lowest BCUT2D eigenvalue weighted by Crippen LogP contribution is -2.48. The summed E-state index contributed by atoms with van der Waals surface area (Å²) in [6.45, 7) is 5.06. The van der Waals surface area contributed by atoms with Crippen molar-refractivity contribution in [3.05, 3.63) is 0 Å². The highest BCUT2D eigenvalue weighted by atomic mass is 16.5. The van der Waals surface area contributed by atoms with Crippen LogP contribution in [0.15, 0.2) is 0 Å². The minimum absolute atomic E-state index is 0.144. The monoisotopic (exact) mass is 228 g/mol. The average molecular weight is 228 g/mol. The van der Waals surface area contributed by atoms with Gasteiger partial charge >= 0.3 is 0 Å². The van der Waals surface area contributed by atoms with Crippen molar-refractivity contribution in [3.8, 4) is 0 Å². The molecule has 2 N–H and O–H groups in total. The van der Waals surface area contributed by atoms with Crippen molar-refractivity contribution in [2.24, 2.45) is 0 Å². The van der Waals surface area contributed by atoms with E-state index in [0.29, 0.717) is 18.5 Å². The van der Waals surface area contributed by atoms with Crippen LogP contribution in [0.1, 0.15) is 39.5 Å². The van der Waals surface area contributed by atoms with E-state index in [-0.39, 0.29) is 12.0 Å². The lowest BCUT2D eigenvalue weighted by molar-refractivity contribution is -0.122. The number of carbonyl (C=O) groups excluding carboxylic acids is 1. The number of nitrogens with one attached hydrogen (secondary N) is 2. The SMILES string of the molecule is COC(C)CCC(=O)NC1CCC(C)NC1. The van der Waals surface area contributed by atoms with Crippen LogP contribution in [-0.4, -0.2) is 37.7 Å². The minimum atomic E-state index is 0.144. The molecule has 16 heavy (non-hydrogen) atoms. The molecule has 0 radical (unpaired) electrons. The third-order valence-electron chi connectivity index (χ3n) is 3.21. The summed E-state index contributed by atoms with van der Waals surface area (Å²) < 4.78 is 5.11. The fraction of sp³-hybridized carbons (Fsp3) is 0.917. The lowest BCUT2D eigenvalue weighted by atomic mass is 10.0. The second-order valence-electron chi connectivity index (χ2n) is 4.74. The summed E-state index contributed by atoms with van der Waals surface area (Å²) in [7, 11) is 1.68. The van der Waals surface area contributed by atoms with E-state index in [9.17, 15) is 4.79 Å². The molecule has 1 rings (SSSR count). The third kappa shape index (κ3) is 4.94. The summed E-state index contributed by atoms with van der Waals surface area (Å²) in [5, 5.41) is 6.44. The molecule has 3 unspecified atom stereocenters. The van der Waals surface area contributed by atoms with Crippen molar-refractivity contribution in [1.29, 1.82) is 0 Å². The molecule has 1 aliphatic heterocycles. The van der Waals surface area contributed by atoms with Gasteiger partial charge in [0.15, 0.2) is 0 Å². The Kier molecular flexibility index (Phi) is 5.77. The van der Waals surface area contributed by atoms with Crippen molar-refractivity contribution < 1.29 is 9.53 Å². The first kappa shape index (κ1) is 13.5. The summed E-state index contributed by atoms with van der Waals surface area (Å²) in [6, 6.07) is 0.892. The normalized spacial score (nSPS) is 27.4. The van der Waals surface area contributed by atoms with Crippen LogP contribution in [0.4, 0.5) is 0 Å². The molecule has 1 heterocycles. The van der Waals surface area contributed by atoms with Crippen LogP contribution in [0.3, 0.4) is 0 Å². The predicted octanol–water partition coefficient (Wildman–Crippen LogP) is 1.06. The Morgan fingerprint density at radius 3 is 2.88 bits per heavy atom. The van der Waals surface area contributed by atoms with Crippen LogP contribution in [0, 0.1) is 0 Å². The van der Waals surface area contributed by atoms with E-state index >= 15 is 0 Å². The average Bonchev–Trinajstić information content (AvgIpc) is 2.29. The van der Waals surface area contributed by atoms with Crippen LogP contribution in [0.5, 0.6) is 0 Å². The quantitative estimate of drug-likeness (QED) is 0.739. The van der Waals surface area contributed by atoms with Gasteiger partial charge in [-0.2, -0.15) is 0 Å². The zero-order chi connectivity index (χ0) is 12.0. The van der Waals surface area contributed by atoms with Crippen molar-refractivity contribution in [2.75, 3.05) is 13.7 Å². The molecular weight excluding hydrogens is 204 g/mol. The van der Waals surface area contributed by atoms with E-state index in [2.05, 4.69) is 17.6 Å². The molecular formula is C12H24N2O2. The summed E-state index contributed by atoms with van der Waals surface area (Å²) in [6.07, 6.45) is 3.73. The largest absolute Gasteiger partial charge is 0.382 e. The van der Waals surface area contributed by atoms with E-state index in [1.807, 2.05) is 6.92 Å². The second kappa shape index (κ2) is 6.86. The zero-order valence-corrected chi connectivity index (χ0v) is 10.6. The number of amides is 1. The molecule has 1 saturated heterocycles. The number of hydrogen-bond acceptors (Lipinski definition) is 3. The molecule has 1 amide bonds. The zero-order valence-electron chi connectivity index (χ0n) is 10.6. The Hall–Kier alpha value is -0.610. The number of methoxy groups -OCH3 is 1. The summed E-state index contributed by atoms with van der Waals surface area (Å²) in [5.41, 5.74) is 0. The first-order chi connectivity index (χ1) is 7.61. The van der Waals surface area contributed by atoms with Crippen LogP contribution >= 0.6 is 0 Å². The highest BCUT2D eigenvalue weighted by Crippen LogP contribution is 2.08. The molecule has 0 aromatic heterocycles. The molecule has 1 aliphatic rings.